The zero-order valence-electron chi connectivity index (χ0n) is 11.8. The first-order valence-electron chi connectivity index (χ1n) is 6.77. The molecule has 0 unspecified atom stereocenters. The van der Waals surface area contributed by atoms with Crippen molar-refractivity contribution >= 4 is 11.4 Å². The summed E-state index contributed by atoms with van der Waals surface area (Å²) in [6.07, 6.45) is 4.17. The Balaban J connectivity index is 2.05. The maximum absolute atomic E-state index is 11.0. The van der Waals surface area contributed by atoms with Crippen LogP contribution in [0.3, 0.4) is 0 Å². The van der Waals surface area contributed by atoms with E-state index < -0.39 is 0 Å². The van der Waals surface area contributed by atoms with Crippen molar-refractivity contribution in [3.05, 3.63) is 51.8 Å². The maximum Gasteiger partial charge on any atom is 0.274 e. The standard InChI is InChI=1S/C14H18N4O3/c1-2-12-3-4-13(7-14(12)18(20)21)15-8-11-9-16-17(10-11)5-6-19/h3-4,7,9-10,15,19H,2,5-6,8H2,1H3. The molecule has 0 aliphatic carbocycles. The van der Waals surface area contributed by atoms with Crippen LogP contribution in [-0.4, -0.2) is 26.4 Å². The fraction of sp³-hybridized carbons (Fsp3) is 0.357. The smallest absolute Gasteiger partial charge is 0.274 e. The molecule has 0 radical (unpaired) electrons. The first kappa shape index (κ1) is 15.0. The lowest BCUT2D eigenvalue weighted by molar-refractivity contribution is -0.385. The van der Waals surface area contributed by atoms with E-state index in [2.05, 4.69) is 10.4 Å². The Morgan fingerprint density at radius 1 is 1.48 bits per heavy atom. The highest BCUT2D eigenvalue weighted by Gasteiger charge is 2.12. The average Bonchev–Trinajstić information content (AvgIpc) is 2.93. The summed E-state index contributed by atoms with van der Waals surface area (Å²) in [4.78, 5) is 10.7. The minimum Gasteiger partial charge on any atom is -0.394 e. The fourth-order valence-corrected chi connectivity index (χ4v) is 2.07. The van der Waals surface area contributed by atoms with Crippen molar-refractivity contribution in [3.8, 4) is 0 Å². The van der Waals surface area contributed by atoms with E-state index in [1.807, 2.05) is 19.2 Å². The second-order valence-electron chi connectivity index (χ2n) is 4.64. The number of rotatable bonds is 7. The minimum absolute atomic E-state index is 0.0409. The number of aromatic nitrogens is 2. The molecule has 0 fully saturated rings. The average molecular weight is 290 g/mol. The summed E-state index contributed by atoms with van der Waals surface area (Å²) < 4.78 is 1.65. The normalized spacial score (nSPS) is 10.6. The summed E-state index contributed by atoms with van der Waals surface area (Å²) in [6.45, 7) is 2.91. The molecule has 0 aliphatic heterocycles. The molecule has 7 heteroatoms. The number of aliphatic hydroxyl groups excluding tert-OH is 1. The third-order valence-electron chi connectivity index (χ3n) is 3.18. The van der Waals surface area contributed by atoms with Crippen molar-refractivity contribution in [1.82, 2.24) is 9.78 Å². The zero-order chi connectivity index (χ0) is 15.2. The summed E-state index contributed by atoms with van der Waals surface area (Å²) in [5.74, 6) is 0. The van der Waals surface area contributed by atoms with Gasteiger partial charge in [0.25, 0.3) is 5.69 Å². The first-order valence-corrected chi connectivity index (χ1v) is 6.77. The van der Waals surface area contributed by atoms with Crippen LogP contribution in [0.15, 0.2) is 30.6 Å². The lowest BCUT2D eigenvalue weighted by Gasteiger charge is -2.06. The molecule has 2 aromatic rings. The molecule has 1 aromatic heterocycles. The Hall–Kier alpha value is -2.41. The number of nitrogens with one attached hydrogen (secondary N) is 1. The van der Waals surface area contributed by atoms with E-state index in [9.17, 15) is 10.1 Å². The van der Waals surface area contributed by atoms with Gasteiger partial charge in [-0.05, 0) is 12.5 Å². The highest BCUT2D eigenvalue weighted by molar-refractivity contribution is 5.55. The molecule has 0 atom stereocenters. The van der Waals surface area contributed by atoms with Gasteiger partial charge in [0.15, 0.2) is 0 Å². The van der Waals surface area contributed by atoms with E-state index in [0.717, 1.165) is 11.1 Å². The Morgan fingerprint density at radius 3 is 2.95 bits per heavy atom. The van der Waals surface area contributed by atoms with Crippen LogP contribution in [-0.2, 0) is 19.5 Å². The van der Waals surface area contributed by atoms with Crippen LogP contribution in [0.5, 0.6) is 0 Å². The van der Waals surface area contributed by atoms with Gasteiger partial charge in [-0.3, -0.25) is 14.8 Å². The summed E-state index contributed by atoms with van der Waals surface area (Å²) in [6, 6.07) is 5.16. The van der Waals surface area contributed by atoms with E-state index in [0.29, 0.717) is 25.2 Å². The molecular weight excluding hydrogens is 272 g/mol. The van der Waals surface area contributed by atoms with Crippen molar-refractivity contribution in [2.75, 3.05) is 11.9 Å². The van der Waals surface area contributed by atoms with Crippen LogP contribution in [0.1, 0.15) is 18.1 Å². The predicted octanol–water partition coefficient (Wildman–Crippen LogP) is 1.96. The molecule has 0 saturated heterocycles. The SMILES string of the molecule is CCc1ccc(NCc2cnn(CCO)c2)cc1[N+](=O)[O-]. The van der Waals surface area contributed by atoms with Crippen LogP contribution < -0.4 is 5.32 Å². The molecule has 1 heterocycles. The van der Waals surface area contributed by atoms with Gasteiger partial charge >= 0.3 is 0 Å². The second kappa shape index (κ2) is 6.85. The molecule has 2 N–H and O–H groups in total. The number of hydrogen-bond donors (Lipinski definition) is 2. The van der Waals surface area contributed by atoms with Crippen LogP contribution >= 0.6 is 0 Å². The van der Waals surface area contributed by atoms with Crippen molar-refractivity contribution in [2.24, 2.45) is 0 Å². The molecule has 0 saturated carbocycles. The van der Waals surface area contributed by atoms with Crippen molar-refractivity contribution < 1.29 is 10.0 Å². The molecular formula is C14H18N4O3. The van der Waals surface area contributed by atoms with Gasteiger partial charge in [0, 0.05) is 35.6 Å². The number of nitro groups is 1. The number of nitro benzene ring substituents is 1. The molecule has 0 amide bonds. The molecule has 0 bridgehead atoms. The Labute approximate surface area is 122 Å². The van der Waals surface area contributed by atoms with E-state index in [1.54, 1.807) is 23.0 Å². The van der Waals surface area contributed by atoms with Crippen LogP contribution in [0.4, 0.5) is 11.4 Å². The maximum atomic E-state index is 11.0. The van der Waals surface area contributed by atoms with Gasteiger partial charge in [-0.15, -0.1) is 0 Å². The number of benzene rings is 1. The van der Waals surface area contributed by atoms with Crippen molar-refractivity contribution in [1.29, 1.82) is 0 Å². The highest BCUT2D eigenvalue weighted by atomic mass is 16.6. The monoisotopic (exact) mass is 290 g/mol. The number of nitrogens with zero attached hydrogens (tertiary/aromatic N) is 3. The van der Waals surface area contributed by atoms with Crippen LogP contribution in [0.25, 0.3) is 0 Å². The third kappa shape index (κ3) is 3.79. The van der Waals surface area contributed by atoms with Gasteiger partial charge in [-0.2, -0.15) is 5.10 Å². The lowest BCUT2D eigenvalue weighted by Crippen LogP contribution is -2.03. The molecule has 1 aromatic carbocycles. The Kier molecular flexibility index (Phi) is 4.89. The summed E-state index contributed by atoms with van der Waals surface area (Å²) in [5.41, 5.74) is 2.51. The van der Waals surface area contributed by atoms with Gasteiger partial charge < -0.3 is 10.4 Å². The number of anilines is 1. The van der Waals surface area contributed by atoms with E-state index in [-0.39, 0.29) is 17.2 Å². The van der Waals surface area contributed by atoms with Crippen molar-refractivity contribution in [2.45, 2.75) is 26.4 Å². The quantitative estimate of drug-likeness (QED) is 0.600. The van der Waals surface area contributed by atoms with Gasteiger partial charge in [0.2, 0.25) is 0 Å². The van der Waals surface area contributed by atoms with E-state index in [4.69, 9.17) is 5.11 Å². The van der Waals surface area contributed by atoms with Gasteiger partial charge in [-0.1, -0.05) is 13.0 Å². The zero-order valence-corrected chi connectivity index (χ0v) is 11.8. The predicted molar refractivity (Wildman–Crippen MR) is 79.1 cm³/mol. The summed E-state index contributed by atoms with van der Waals surface area (Å²) in [5, 5.41) is 27.1. The Bertz CT molecular complexity index is 624. The molecule has 112 valence electrons. The molecule has 2 rings (SSSR count). The molecule has 7 nitrogen and oxygen atoms in total. The first-order chi connectivity index (χ1) is 10.1. The van der Waals surface area contributed by atoms with Crippen LogP contribution in [0, 0.1) is 10.1 Å². The minimum atomic E-state index is -0.358. The van der Waals surface area contributed by atoms with Crippen molar-refractivity contribution in [3.63, 3.8) is 0 Å². The summed E-state index contributed by atoms with van der Waals surface area (Å²) in [7, 11) is 0. The number of aryl methyl sites for hydroxylation is 1. The van der Waals surface area contributed by atoms with E-state index in [1.165, 1.54) is 0 Å². The van der Waals surface area contributed by atoms with Gasteiger partial charge in [-0.25, -0.2) is 0 Å². The highest BCUT2D eigenvalue weighted by Crippen LogP contribution is 2.24. The molecule has 0 spiro atoms. The lowest BCUT2D eigenvalue weighted by atomic mass is 10.1. The van der Waals surface area contributed by atoms with E-state index >= 15 is 0 Å². The third-order valence-corrected chi connectivity index (χ3v) is 3.18. The summed E-state index contributed by atoms with van der Waals surface area (Å²) >= 11 is 0. The molecule has 21 heavy (non-hydrogen) atoms. The largest absolute Gasteiger partial charge is 0.394 e. The topological polar surface area (TPSA) is 93.2 Å². The number of hydrogen-bond acceptors (Lipinski definition) is 5. The Morgan fingerprint density at radius 2 is 2.29 bits per heavy atom. The molecule has 0 aliphatic rings. The van der Waals surface area contributed by atoms with Crippen LogP contribution in [0.2, 0.25) is 0 Å². The van der Waals surface area contributed by atoms with Gasteiger partial charge in [0.1, 0.15) is 0 Å². The van der Waals surface area contributed by atoms with Gasteiger partial charge in [0.05, 0.1) is 24.3 Å². The number of aliphatic hydroxyl groups is 1. The fourth-order valence-electron chi connectivity index (χ4n) is 2.07. The second-order valence-corrected chi connectivity index (χ2v) is 4.64.